The summed E-state index contributed by atoms with van der Waals surface area (Å²) in [6, 6.07) is 7.17. The topological polar surface area (TPSA) is 26.3 Å². The molecule has 0 heterocycles. The highest BCUT2D eigenvalue weighted by molar-refractivity contribution is 9.10. The maximum absolute atomic E-state index is 14.1. The van der Waals surface area contributed by atoms with E-state index in [1.165, 1.54) is 19.1 Å². The molecule has 0 N–H and O–H groups in total. The molecule has 0 aliphatic carbocycles. The maximum Gasteiger partial charge on any atom is 0.202 e. The van der Waals surface area contributed by atoms with Gasteiger partial charge < -0.3 is 4.74 Å². The van der Waals surface area contributed by atoms with E-state index in [1.807, 2.05) is 0 Å². The van der Waals surface area contributed by atoms with E-state index < -0.39 is 23.0 Å². The summed E-state index contributed by atoms with van der Waals surface area (Å²) in [7, 11) is 0. The van der Waals surface area contributed by atoms with Gasteiger partial charge in [-0.2, -0.15) is 0 Å². The largest absolute Gasteiger partial charge is 0.493 e. The van der Waals surface area contributed by atoms with Crippen LogP contribution in [0.1, 0.15) is 28.4 Å². The number of halogens is 3. The molecule has 110 valence electrons. The van der Waals surface area contributed by atoms with Crippen LogP contribution >= 0.6 is 15.9 Å². The number of hydrogen-bond acceptors (Lipinski definition) is 2. The summed E-state index contributed by atoms with van der Waals surface area (Å²) in [6.45, 7) is 3.60. The lowest BCUT2D eigenvalue weighted by atomic mass is 9.99. The van der Waals surface area contributed by atoms with E-state index in [2.05, 4.69) is 15.9 Å². The highest BCUT2D eigenvalue weighted by Crippen LogP contribution is 2.28. The van der Waals surface area contributed by atoms with Crippen molar-refractivity contribution in [2.75, 3.05) is 6.61 Å². The molecule has 2 rings (SSSR count). The van der Waals surface area contributed by atoms with Gasteiger partial charge in [-0.25, -0.2) is 8.78 Å². The zero-order chi connectivity index (χ0) is 15.6. The summed E-state index contributed by atoms with van der Waals surface area (Å²) >= 11 is 3.24. The number of carbonyl (C=O) groups excluding carboxylic acids is 1. The Hall–Kier alpha value is -1.75. The van der Waals surface area contributed by atoms with Gasteiger partial charge in [0.1, 0.15) is 17.4 Å². The molecule has 21 heavy (non-hydrogen) atoms. The molecule has 0 spiro atoms. The van der Waals surface area contributed by atoms with E-state index in [0.29, 0.717) is 16.8 Å². The summed E-state index contributed by atoms with van der Waals surface area (Å²) in [5.41, 5.74) is -0.226. The first-order valence-electron chi connectivity index (χ1n) is 6.37. The summed E-state index contributed by atoms with van der Waals surface area (Å²) < 4.78 is 34.0. The first kappa shape index (κ1) is 15.6. The Balaban J connectivity index is 2.60. The molecule has 0 atom stereocenters. The molecule has 2 aromatic rings. The average Bonchev–Trinajstić information content (AvgIpc) is 2.45. The molecule has 0 fully saturated rings. The SMILES string of the molecule is CCOc1ccc(Br)cc1C(=O)c1c(F)ccc(C)c1F. The number of hydrogen-bond donors (Lipinski definition) is 0. The lowest BCUT2D eigenvalue weighted by Gasteiger charge is -2.11. The van der Waals surface area contributed by atoms with Crippen molar-refractivity contribution in [2.45, 2.75) is 13.8 Å². The van der Waals surface area contributed by atoms with Crippen LogP contribution in [0.4, 0.5) is 8.78 Å². The van der Waals surface area contributed by atoms with Crippen LogP contribution in [0.2, 0.25) is 0 Å². The third-order valence-electron chi connectivity index (χ3n) is 3.00. The first-order chi connectivity index (χ1) is 9.95. The van der Waals surface area contributed by atoms with Crippen LogP contribution in [0, 0.1) is 18.6 Å². The predicted octanol–water partition coefficient (Wildman–Crippen LogP) is 4.67. The van der Waals surface area contributed by atoms with Crippen molar-refractivity contribution in [3.05, 3.63) is 63.1 Å². The van der Waals surface area contributed by atoms with Crippen molar-refractivity contribution in [2.24, 2.45) is 0 Å². The molecule has 0 aliphatic heterocycles. The van der Waals surface area contributed by atoms with Gasteiger partial charge in [0.2, 0.25) is 5.78 Å². The summed E-state index contributed by atoms with van der Waals surface area (Å²) in [5, 5.41) is 0. The minimum atomic E-state index is -0.884. The van der Waals surface area contributed by atoms with Crippen molar-refractivity contribution in [3.8, 4) is 5.75 Å². The molecule has 0 unspecified atom stereocenters. The highest BCUT2D eigenvalue weighted by Gasteiger charge is 2.23. The van der Waals surface area contributed by atoms with Crippen LogP contribution in [0.15, 0.2) is 34.8 Å². The van der Waals surface area contributed by atoms with Crippen LogP contribution in [-0.2, 0) is 0 Å². The van der Waals surface area contributed by atoms with Gasteiger partial charge in [-0.3, -0.25) is 4.79 Å². The molecule has 0 aliphatic rings. The Morgan fingerprint density at radius 1 is 1.24 bits per heavy atom. The first-order valence-corrected chi connectivity index (χ1v) is 7.16. The minimum absolute atomic E-state index is 0.120. The van der Waals surface area contributed by atoms with Crippen LogP contribution in [0.5, 0.6) is 5.75 Å². The van der Waals surface area contributed by atoms with E-state index in [1.54, 1.807) is 19.1 Å². The molecule has 2 aromatic carbocycles. The summed E-state index contributed by atoms with van der Waals surface area (Å²) in [4.78, 5) is 12.5. The third-order valence-corrected chi connectivity index (χ3v) is 3.49. The average molecular weight is 355 g/mol. The van der Waals surface area contributed by atoms with Gasteiger partial charge in [-0.15, -0.1) is 0 Å². The lowest BCUT2D eigenvalue weighted by molar-refractivity contribution is 0.102. The van der Waals surface area contributed by atoms with Gasteiger partial charge in [-0.1, -0.05) is 22.0 Å². The number of ketones is 1. The van der Waals surface area contributed by atoms with Crippen molar-refractivity contribution >= 4 is 21.7 Å². The smallest absolute Gasteiger partial charge is 0.202 e. The Bertz CT molecular complexity index is 699. The van der Waals surface area contributed by atoms with E-state index in [9.17, 15) is 13.6 Å². The van der Waals surface area contributed by atoms with Gasteiger partial charge in [0, 0.05) is 4.47 Å². The van der Waals surface area contributed by atoms with Gasteiger partial charge in [-0.05, 0) is 43.7 Å². The zero-order valence-electron chi connectivity index (χ0n) is 11.5. The second-order valence-corrected chi connectivity index (χ2v) is 5.37. The molecule has 0 amide bonds. The Morgan fingerprint density at radius 2 is 1.95 bits per heavy atom. The second-order valence-electron chi connectivity index (χ2n) is 4.46. The number of rotatable bonds is 4. The van der Waals surface area contributed by atoms with E-state index in [4.69, 9.17) is 4.74 Å². The Kier molecular flexibility index (Phi) is 4.73. The number of carbonyl (C=O) groups is 1. The monoisotopic (exact) mass is 354 g/mol. The molecular formula is C16H13BrF2O2. The third kappa shape index (κ3) is 3.13. The summed E-state index contributed by atoms with van der Waals surface area (Å²) in [6.07, 6.45) is 0. The van der Waals surface area contributed by atoms with Crippen molar-refractivity contribution in [3.63, 3.8) is 0 Å². The molecule has 2 nitrogen and oxygen atoms in total. The number of aryl methyl sites for hydroxylation is 1. The Labute approximate surface area is 129 Å². The zero-order valence-corrected chi connectivity index (χ0v) is 13.1. The quantitative estimate of drug-likeness (QED) is 0.746. The normalized spacial score (nSPS) is 10.5. The number of benzene rings is 2. The fourth-order valence-electron chi connectivity index (χ4n) is 1.96. The summed E-state index contributed by atoms with van der Waals surface area (Å²) in [5.74, 6) is -2.17. The fourth-order valence-corrected chi connectivity index (χ4v) is 2.32. The van der Waals surface area contributed by atoms with E-state index in [0.717, 1.165) is 6.07 Å². The van der Waals surface area contributed by atoms with E-state index >= 15 is 0 Å². The van der Waals surface area contributed by atoms with Gasteiger partial charge >= 0.3 is 0 Å². The van der Waals surface area contributed by atoms with Gasteiger partial charge in [0.15, 0.2) is 0 Å². The predicted molar refractivity (Wildman–Crippen MR) is 79.8 cm³/mol. The van der Waals surface area contributed by atoms with Gasteiger partial charge in [0.25, 0.3) is 0 Å². The van der Waals surface area contributed by atoms with Crippen LogP contribution in [-0.4, -0.2) is 12.4 Å². The van der Waals surface area contributed by atoms with Crippen molar-refractivity contribution in [1.82, 2.24) is 0 Å². The molecule has 5 heteroatoms. The molecule has 0 bridgehead atoms. The second kappa shape index (κ2) is 6.35. The molecule has 0 radical (unpaired) electrons. The maximum atomic E-state index is 14.1. The minimum Gasteiger partial charge on any atom is -0.493 e. The van der Waals surface area contributed by atoms with E-state index in [-0.39, 0.29) is 11.1 Å². The lowest BCUT2D eigenvalue weighted by Crippen LogP contribution is -2.11. The molecule has 0 saturated carbocycles. The van der Waals surface area contributed by atoms with Crippen molar-refractivity contribution < 1.29 is 18.3 Å². The van der Waals surface area contributed by atoms with Crippen LogP contribution in [0.3, 0.4) is 0 Å². The standard InChI is InChI=1S/C16H13BrF2O2/c1-3-21-13-7-5-10(17)8-11(13)16(20)14-12(18)6-4-9(2)15(14)19/h4-8H,3H2,1-2H3. The fraction of sp³-hybridized carbons (Fsp3) is 0.188. The molecule has 0 aromatic heterocycles. The number of ether oxygens (including phenoxy) is 1. The van der Waals surface area contributed by atoms with Crippen LogP contribution in [0.25, 0.3) is 0 Å². The van der Waals surface area contributed by atoms with Gasteiger partial charge in [0.05, 0.1) is 17.7 Å². The Morgan fingerprint density at radius 3 is 2.62 bits per heavy atom. The molecule has 0 saturated heterocycles. The molecular weight excluding hydrogens is 342 g/mol. The highest BCUT2D eigenvalue weighted by atomic mass is 79.9. The van der Waals surface area contributed by atoms with Crippen molar-refractivity contribution in [1.29, 1.82) is 0 Å². The van der Waals surface area contributed by atoms with Crippen LogP contribution < -0.4 is 4.74 Å².